The van der Waals surface area contributed by atoms with Crippen LogP contribution in [0.15, 0.2) is 24.3 Å². The Balaban J connectivity index is 0.00000272. The van der Waals surface area contributed by atoms with Crippen LogP contribution in [-0.4, -0.2) is 69.3 Å². The van der Waals surface area contributed by atoms with Gasteiger partial charge >= 0.3 is 0 Å². The minimum atomic E-state index is 0. The lowest BCUT2D eigenvalue weighted by atomic mass is 10.0. The van der Waals surface area contributed by atoms with Crippen molar-refractivity contribution in [3.05, 3.63) is 35.7 Å². The Morgan fingerprint density at radius 3 is 2.32 bits per heavy atom. The van der Waals surface area contributed by atoms with Gasteiger partial charge in [0.1, 0.15) is 5.75 Å². The van der Waals surface area contributed by atoms with E-state index >= 15 is 0 Å². The SMILES string of the molecule is COc1ccc(Cn2nnnc2C(CC(C)C)N2CCN(C3CCCC3)CC2)cc1.Cl. The zero-order valence-electron chi connectivity index (χ0n) is 19.1. The van der Waals surface area contributed by atoms with Gasteiger partial charge in [0.25, 0.3) is 0 Å². The predicted molar refractivity (Wildman–Crippen MR) is 125 cm³/mol. The summed E-state index contributed by atoms with van der Waals surface area (Å²) in [6.07, 6.45) is 6.65. The minimum absolute atomic E-state index is 0. The molecule has 2 aliphatic rings. The minimum Gasteiger partial charge on any atom is -0.497 e. The van der Waals surface area contributed by atoms with E-state index in [0.717, 1.165) is 37.1 Å². The average molecular weight is 449 g/mol. The molecular formula is C23H37ClN6O. The van der Waals surface area contributed by atoms with E-state index in [-0.39, 0.29) is 18.4 Å². The molecule has 0 spiro atoms. The van der Waals surface area contributed by atoms with Gasteiger partial charge in [0.15, 0.2) is 5.82 Å². The summed E-state index contributed by atoms with van der Waals surface area (Å²) in [7, 11) is 1.69. The highest BCUT2D eigenvalue weighted by Gasteiger charge is 2.32. The zero-order chi connectivity index (χ0) is 20.9. The van der Waals surface area contributed by atoms with Gasteiger partial charge in [-0.25, -0.2) is 4.68 Å². The van der Waals surface area contributed by atoms with Crippen LogP contribution in [0.5, 0.6) is 5.75 Å². The fourth-order valence-corrected chi connectivity index (χ4v) is 5.01. The summed E-state index contributed by atoms with van der Waals surface area (Å²) in [5.74, 6) is 2.45. The Hall–Kier alpha value is -1.70. The number of methoxy groups -OCH3 is 1. The summed E-state index contributed by atoms with van der Waals surface area (Å²) in [5, 5.41) is 12.9. The Morgan fingerprint density at radius 2 is 1.71 bits per heavy atom. The van der Waals surface area contributed by atoms with Crippen molar-refractivity contribution in [1.29, 1.82) is 0 Å². The molecule has 1 atom stereocenters. The Morgan fingerprint density at radius 1 is 1.03 bits per heavy atom. The van der Waals surface area contributed by atoms with Crippen LogP contribution >= 0.6 is 12.4 Å². The van der Waals surface area contributed by atoms with Gasteiger partial charge in [0, 0.05) is 32.2 Å². The molecule has 4 rings (SSSR count). The number of tetrazole rings is 1. The number of piperazine rings is 1. The first kappa shape index (κ1) is 24.0. The number of benzene rings is 1. The van der Waals surface area contributed by atoms with E-state index in [1.807, 2.05) is 16.8 Å². The lowest BCUT2D eigenvalue weighted by molar-refractivity contribution is 0.0588. The topological polar surface area (TPSA) is 59.3 Å². The van der Waals surface area contributed by atoms with Gasteiger partial charge in [0.2, 0.25) is 0 Å². The first-order valence-corrected chi connectivity index (χ1v) is 11.5. The van der Waals surface area contributed by atoms with Gasteiger partial charge in [-0.3, -0.25) is 9.80 Å². The Labute approximate surface area is 192 Å². The fraction of sp³-hybridized carbons (Fsp3) is 0.696. The quantitative estimate of drug-likeness (QED) is 0.612. The van der Waals surface area contributed by atoms with Crippen molar-refractivity contribution in [1.82, 2.24) is 30.0 Å². The summed E-state index contributed by atoms with van der Waals surface area (Å²) >= 11 is 0. The molecule has 2 aromatic rings. The molecule has 2 heterocycles. The van der Waals surface area contributed by atoms with Gasteiger partial charge < -0.3 is 4.74 Å². The van der Waals surface area contributed by atoms with E-state index in [4.69, 9.17) is 4.74 Å². The van der Waals surface area contributed by atoms with Crippen LogP contribution in [0.4, 0.5) is 0 Å². The van der Waals surface area contributed by atoms with Crippen molar-refractivity contribution in [2.24, 2.45) is 5.92 Å². The maximum Gasteiger partial charge on any atom is 0.168 e. The van der Waals surface area contributed by atoms with E-state index in [9.17, 15) is 0 Å². The maximum atomic E-state index is 5.28. The number of rotatable bonds is 8. The molecule has 2 fully saturated rings. The van der Waals surface area contributed by atoms with Crippen LogP contribution in [0.25, 0.3) is 0 Å². The number of hydrogen-bond donors (Lipinski definition) is 0. The predicted octanol–water partition coefficient (Wildman–Crippen LogP) is 3.80. The summed E-state index contributed by atoms with van der Waals surface area (Å²) in [6.45, 7) is 9.80. The number of aromatic nitrogens is 4. The third kappa shape index (κ3) is 5.96. The monoisotopic (exact) mass is 448 g/mol. The van der Waals surface area contributed by atoms with E-state index < -0.39 is 0 Å². The second-order valence-corrected chi connectivity index (χ2v) is 9.20. The van der Waals surface area contributed by atoms with E-state index in [1.54, 1.807) is 7.11 Å². The number of nitrogens with zero attached hydrogens (tertiary/aromatic N) is 6. The van der Waals surface area contributed by atoms with Crippen LogP contribution in [0.2, 0.25) is 0 Å². The summed E-state index contributed by atoms with van der Waals surface area (Å²) in [4.78, 5) is 5.33. The van der Waals surface area contributed by atoms with E-state index in [0.29, 0.717) is 12.5 Å². The zero-order valence-corrected chi connectivity index (χ0v) is 19.9. The molecule has 1 aromatic heterocycles. The Kier molecular flexibility index (Phi) is 8.69. The molecule has 7 nitrogen and oxygen atoms in total. The molecule has 1 saturated heterocycles. The number of hydrogen-bond acceptors (Lipinski definition) is 6. The second-order valence-electron chi connectivity index (χ2n) is 9.20. The van der Waals surface area contributed by atoms with Crippen LogP contribution < -0.4 is 4.74 Å². The van der Waals surface area contributed by atoms with Crippen LogP contribution in [0, 0.1) is 5.92 Å². The van der Waals surface area contributed by atoms with Crippen molar-refractivity contribution >= 4 is 12.4 Å². The molecule has 172 valence electrons. The van der Waals surface area contributed by atoms with Crippen molar-refractivity contribution in [3.63, 3.8) is 0 Å². The number of ether oxygens (including phenoxy) is 1. The molecular weight excluding hydrogens is 412 g/mol. The average Bonchev–Trinajstić information content (AvgIpc) is 3.45. The van der Waals surface area contributed by atoms with Gasteiger partial charge in [-0.05, 0) is 53.3 Å². The highest BCUT2D eigenvalue weighted by molar-refractivity contribution is 5.85. The van der Waals surface area contributed by atoms with Gasteiger partial charge in [0.05, 0.1) is 19.7 Å². The molecule has 0 amide bonds. The van der Waals surface area contributed by atoms with Gasteiger partial charge in [-0.1, -0.05) is 38.8 Å². The van der Waals surface area contributed by atoms with Crippen LogP contribution in [-0.2, 0) is 6.54 Å². The molecule has 1 saturated carbocycles. The van der Waals surface area contributed by atoms with Crippen molar-refractivity contribution < 1.29 is 4.74 Å². The molecule has 31 heavy (non-hydrogen) atoms. The molecule has 1 aromatic carbocycles. The van der Waals surface area contributed by atoms with Crippen LogP contribution in [0.3, 0.4) is 0 Å². The lowest BCUT2D eigenvalue weighted by Gasteiger charge is -2.41. The first-order valence-electron chi connectivity index (χ1n) is 11.5. The summed E-state index contributed by atoms with van der Waals surface area (Å²) < 4.78 is 7.26. The highest BCUT2D eigenvalue weighted by atomic mass is 35.5. The molecule has 0 N–H and O–H groups in total. The molecule has 1 aliphatic carbocycles. The molecule has 1 aliphatic heterocycles. The van der Waals surface area contributed by atoms with Crippen LogP contribution in [0.1, 0.15) is 63.4 Å². The van der Waals surface area contributed by atoms with Crippen molar-refractivity contribution in [3.8, 4) is 5.75 Å². The highest BCUT2D eigenvalue weighted by Crippen LogP contribution is 2.30. The third-order valence-electron chi connectivity index (χ3n) is 6.67. The van der Waals surface area contributed by atoms with Gasteiger partial charge in [-0.2, -0.15) is 0 Å². The van der Waals surface area contributed by atoms with E-state index in [2.05, 4.69) is 51.3 Å². The smallest absolute Gasteiger partial charge is 0.168 e. The molecule has 0 bridgehead atoms. The normalized spacial score (nSPS) is 19.5. The lowest BCUT2D eigenvalue weighted by Crippen LogP contribution is -2.51. The first-order chi connectivity index (χ1) is 14.6. The maximum absolute atomic E-state index is 5.28. The molecule has 0 radical (unpaired) electrons. The summed E-state index contributed by atoms with van der Waals surface area (Å²) in [6, 6.07) is 9.24. The Bertz CT molecular complexity index is 782. The fourth-order valence-electron chi connectivity index (χ4n) is 5.01. The molecule has 1 unspecified atom stereocenters. The second kappa shape index (κ2) is 11.2. The van der Waals surface area contributed by atoms with Gasteiger partial charge in [-0.15, -0.1) is 17.5 Å². The largest absolute Gasteiger partial charge is 0.497 e. The number of halogens is 1. The van der Waals surface area contributed by atoms with E-state index in [1.165, 1.54) is 44.3 Å². The van der Waals surface area contributed by atoms with Crippen molar-refractivity contribution in [2.75, 3.05) is 33.3 Å². The summed E-state index contributed by atoms with van der Waals surface area (Å²) in [5.41, 5.74) is 1.18. The van der Waals surface area contributed by atoms with Crippen molar-refractivity contribution in [2.45, 2.75) is 64.6 Å². The standard InChI is InChI=1S/C23H36N6O.ClH/c1-18(2)16-22(28-14-12-27(13-15-28)20-6-4-5-7-20)23-24-25-26-29(23)17-19-8-10-21(30-3)11-9-19;/h8-11,18,20,22H,4-7,12-17H2,1-3H3;1H. The molecule has 8 heteroatoms. The third-order valence-corrected chi connectivity index (χ3v) is 6.67.